The van der Waals surface area contributed by atoms with Gasteiger partial charge in [0.1, 0.15) is 0 Å². The number of ether oxygens (including phenoxy) is 1. The highest BCUT2D eigenvalue weighted by Gasteiger charge is 2.14. The van der Waals surface area contributed by atoms with Crippen LogP contribution in [0.5, 0.6) is 0 Å². The van der Waals surface area contributed by atoms with E-state index in [1.165, 1.54) is 5.56 Å². The molecule has 0 amide bonds. The first-order valence-corrected chi connectivity index (χ1v) is 6.38. The number of methoxy groups -OCH3 is 1. The van der Waals surface area contributed by atoms with Crippen molar-refractivity contribution < 1.29 is 4.74 Å². The minimum Gasteiger partial charge on any atom is -0.380 e. The Kier molecular flexibility index (Phi) is 5.46. The summed E-state index contributed by atoms with van der Waals surface area (Å²) in [7, 11) is 1.74. The normalized spacial score (nSPS) is 16.8. The van der Waals surface area contributed by atoms with Gasteiger partial charge in [-0.05, 0) is 38.5 Å². The van der Waals surface area contributed by atoms with Gasteiger partial charge in [-0.1, -0.05) is 28.1 Å². The Morgan fingerprint density at radius 2 is 1.94 bits per heavy atom. The van der Waals surface area contributed by atoms with Gasteiger partial charge in [0.05, 0.1) is 6.10 Å². The number of hydrogen-bond donors (Lipinski definition) is 1. The Morgan fingerprint density at radius 1 is 1.25 bits per heavy atom. The Hall–Kier alpha value is -0.380. The van der Waals surface area contributed by atoms with E-state index in [2.05, 4.69) is 60.2 Å². The third kappa shape index (κ3) is 3.89. The zero-order valence-corrected chi connectivity index (χ0v) is 11.9. The van der Waals surface area contributed by atoms with Crippen molar-refractivity contribution in [1.82, 2.24) is 5.32 Å². The van der Waals surface area contributed by atoms with Crippen LogP contribution in [0.25, 0.3) is 0 Å². The summed E-state index contributed by atoms with van der Waals surface area (Å²) in [5.41, 5.74) is 1.28. The summed E-state index contributed by atoms with van der Waals surface area (Å²) in [6, 6.07) is 9.03. The lowest BCUT2D eigenvalue weighted by Gasteiger charge is -2.24. The van der Waals surface area contributed by atoms with E-state index in [0.29, 0.717) is 12.1 Å². The number of benzene rings is 1. The zero-order chi connectivity index (χ0) is 12.1. The van der Waals surface area contributed by atoms with E-state index >= 15 is 0 Å². The van der Waals surface area contributed by atoms with Gasteiger partial charge in [-0.3, -0.25) is 0 Å². The van der Waals surface area contributed by atoms with Gasteiger partial charge < -0.3 is 10.1 Å². The molecule has 3 atom stereocenters. The standard InChI is InChI=1S/C13H20BrNO/c1-9(11(3)16-4)15-10(2)12-6-5-7-13(14)8-12/h5-11,15H,1-4H3/t9?,10-,11?/m1/s1. The van der Waals surface area contributed by atoms with Gasteiger partial charge in [-0.25, -0.2) is 0 Å². The summed E-state index contributed by atoms with van der Waals surface area (Å²) in [6.45, 7) is 6.38. The average Bonchev–Trinajstić information content (AvgIpc) is 2.27. The number of rotatable bonds is 5. The van der Waals surface area contributed by atoms with Crippen LogP contribution in [0.1, 0.15) is 32.4 Å². The molecule has 16 heavy (non-hydrogen) atoms. The average molecular weight is 286 g/mol. The van der Waals surface area contributed by atoms with Crippen LogP contribution in [0.15, 0.2) is 28.7 Å². The van der Waals surface area contributed by atoms with Crippen LogP contribution < -0.4 is 5.32 Å². The van der Waals surface area contributed by atoms with E-state index in [0.717, 1.165) is 4.47 Å². The molecule has 0 aliphatic rings. The van der Waals surface area contributed by atoms with Crippen LogP contribution in [0, 0.1) is 0 Å². The molecule has 1 N–H and O–H groups in total. The van der Waals surface area contributed by atoms with Crippen molar-refractivity contribution in [1.29, 1.82) is 0 Å². The van der Waals surface area contributed by atoms with E-state index in [9.17, 15) is 0 Å². The highest BCUT2D eigenvalue weighted by atomic mass is 79.9. The molecule has 1 rings (SSSR count). The minimum atomic E-state index is 0.217. The number of nitrogens with one attached hydrogen (secondary N) is 1. The Balaban J connectivity index is 2.61. The molecule has 3 heteroatoms. The van der Waals surface area contributed by atoms with Gasteiger partial charge in [0.15, 0.2) is 0 Å². The summed E-state index contributed by atoms with van der Waals surface area (Å²) in [6.07, 6.45) is 0.217. The molecule has 0 heterocycles. The van der Waals surface area contributed by atoms with Crippen molar-refractivity contribution in [2.75, 3.05) is 7.11 Å². The summed E-state index contributed by atoms with van der Waals surface area (Å²) in [5, 5.41) is 3.53. The topological polar surface area (TPSA) is 21.3 Å². The second-order valence-electron chi connectivity index (χ2n) is 4.17. The number of hydrogen-bond acceptors (Lipinski definition) is 2. The summed E-state index contributed by atoms with van der Waals surface area (Å²) in [4.78, 5) is 0. The SMILES string of the molecule is COC(C)C(C)N[C@H](C)c1cccc(Br)c1. The quantitative estimate of drug-likeness (QED) is 0.894. The Labute approximate surface area is 107 Å². The second kappa shape index (κ2) is 6.38. The second-order valence-corrected chi connectivity index (χ2v) is 5.09. The molecule has 0 saturated carbocycles. The first kappa shape index (κ1) is 13.7. The van der Waals surface area contributed by atoms with Crippen molar-refractivity contribution in [2.45, 2.75) is 39.0 Å². The molecule has 2 unspecified atom stereocenters. The monoisotopic (exact) mass is 285 g/mol. The Morgan fingerprint density at radius 3 is 2.50 bits per heavy atom. The molecule has 1 aromatic rings. The molecule has 0 radical (unpaired) electrons. The lowest BCUT2D eigenvalue weighted by atomic mass is 10.1. The molecule has 2 nitrogen and oxygen atoms in total. The predicted molar refractivity (Wildman–Crippen MR) is 71.6 cm³/mol. The van der Waals surface area contributed by atoms with E-state index < -0.39 is 0 Å². The molecule has 0 fully saturated rings. The van der Waals surface area contributed by atoms with Crippen LogP contribution in [0.3, 0.4) is 0 Å². The lowest BCUT2D eigenvalue weighted by Crippen LogP contribution is -2.38. The van der Waals surface area contributed by atoms with Crippen molar-refractivity contribution in [2.24, 2.45) is 0 Å². The highest BCUT2D eigenvalue weighted by Crippen LogP contribution is 2.18. The van der Waals surface area contributed by atoms with Crippen LogP contribution >= 0.6 is 15.9 Å². The molecule has 0 aliphatic heterocycles. The van der Waals surface area contributed by atoms with E-state index in [1.54, 1.807) is 7.11 Å². The maximum absolute atomic E-state index is 5.30. The van der Waals surface area contributed by atoms with E-state index in [1.807, 2.05) is 6.07 Å². The van der Waals surface area contributed by atoms with Crippen LogP contribution in [0.2, 0.25) is 0 Å². The smallest absolute Gasteiger partial charge is 0.0693 e. The maximum atomic E-state index is 5.30. The molecule has 0 spiro atoms. The molecule has 1 aromatic carbocycles. The molecular weight excluding hydrogens is 266 g/mol. The van der Waals surface area contributed by atoms with Gasteiger partial charge in [0.2, 0.25) is 0 Å². The first-order chi connectivity index (χ1) is 7.54. The van der Waals surface area contributed by atoms with Crippen LogP contribution in [-0.4, -0.2) is 19.3 Å². The van der Waals surface area contributed by atoms with E-state index in [4.69, 9.17) is 4.74 Å². The van der Waals surface area contributed by atoms with Crippen LogP contribution in [-0.2, 0) is 4.74 Å². The van der Waals surface area contributed by atoms with E-state index in [-0.39, 0.29) is 6.10 Å². The largest absolute Gasteiger partial charge is 0.380 e. The third-order valence-corrected chi connectivity index (χ3v) is 3.43. The van der Waals surface area contributed by atoms with Crippen LogP contribution in [0.4, 0.5) is 0 Å². The summed E-state index contributed by atoms with van der Waals surface area (Å²) < 4.78 is 6.42. The van der Waals surface area contributed by atoms with Gasteiger partial charge in [0, 0.05) is 23.7 Å². The van der Waals surface area contributed by atoms with Crippen molar-refractivity contribution in [3.63, 3.8) is 0 Å². The molecule has 0 aromatic heterocycles. The van der Waals surface area contributed by atoms with Crippen molar-refractivity contribution in [3.05, 3.63) is 34.3 Å². The molecular formula is C13H20BrNO. The van der Waals surface area contributed by atoms with Gasteiger partial charge in [-0.2, -0.15) is 0 Å². The number of halogens is 1. The fourth-order valence-electron chi connectivity index (χ4n) is 1.61. The van der Waals surface area contributed by atoms with Gasteiger partial charge in [0.25, 0.3) is 0 Å². The zero-order valence-electron chi connectivity index (χ0n) is 10.3. The Bertz CT molecular complexity index is 329. The molecule has 90 valence electrons. The maximum Gasteiger partial charge on any atom is 0.0693 e. The highest BCUT2D eigenvalue weighted by molar-refractivity contribution is 9.10. The lowest BCUT2D eigenvalue weighted by molar-refractivity contribution is 0.0852. The summed E-state index contributed by atoms with van der Waals surface area (Å²) >= 11 is 3.49. The predicted octanol–water partition coefficient (Wildman–Crippen LogP) is 3.52. The van der Waals surface area contributed by atoms with Gasteiger partial charge >= 0.3 is 0 Å². The fraction of sp³-hybridized carbons (Fsp3) is 0.538. The molecule has 0 saturated heterocycles. The van der Waals surface area contributed by atoms with Crippen molar-refractivity contribution >= 4 is 15.9 Å². The third-order valence-electron chi connectivity index (χ3n) is 2.94. The summed E-state index contributed by atoms with van der Waals surface area (Å²) in [5.74, 6) is 0. The fourth-order valence-corrected chi connectivity index (χ4v) is 2.02. The molecule has 0 aliphatic carbocycles. The minimum absolute atomic E-state index is 0.217. The van der Waals surface area contributed by atoms with Gasteiger partial charge in [-0.15, -0.1) is 0 Å². The molecule has 0 bridgehead atoms. The van der Waals surface area contributed by atoms with Crippen molar-refractivity contribution in [3.8, 4) is 0 Å². The first-order valence-electron chi connectivity index (χ1n) is 5.59.